The molecule has 3 saturated carbocycles. The largest absolute Gasteiger partial charge is 1.00 e. The zero-order valence-corrected chi connectivity index (χ0v) is 18.2. The maximum absolute atomic E-state index is 4.46. The van der Waals surface area contributed by atoms with Crippen molar-refractivity contribution < 1.29 is 16.9 Å². The van der Waals surface area contributed by atoms with Gasteiger partial charge in [-0.25, -0.2) is 0 Å². The van der Waals surface area contributed by atoms with E-state index in [9.17, 15) is 0 Å². The van der Waals surface area contributed by atoms with Gasteiger partial charge in [0.05, 0.1) is 26.7 Å². The van der Waals surface area contributed by atoms with E-state index in [-0.39, 0.29) is 12.4 Å². The SMILES string of the molecule is C=C1C2CCC3C2C(C)(C)CCCC13C.CC[N+](C)(CC)CC.[Cl-]. The highest BCUT2D eigenvalue weighted by atomic mass is 35.5. The first-order valence-electron chi connectivity index (χ1n) is 10.2. The molecule has 3 fully saturated rings. The van der Waals surface area contributed by atoms with Crippen LogP contribution in [0.25, 0.3) is 0 Å². The van der Waals surface area contributed by atoms with Crippen molar-refractivity contribution in [3.63, 3.8) is 0 Å². The summed E-state index contributed by atoms with van der Waals surface area (Å²) >= 11 is 0. The van der Waals surface area contributed by atoms with E-state index in [0.29, 0.717) is 10.8 Å². The Morgan fingerprint density at radius 1 is 1.00 bits per heavy atom. The van der Waals surface area contributed by atoms with Crippen LogP contribution in [0, 0.1) is 28.6 Å². The quantitative estimate of drug-likeness (QED) is 0.539. The van der Waals surface area contributed by atoms with Crippen LogP contribution in [0.15, 0.2) is 12.2 Å². The van der Waals surface area contributed by atoms with Gasteiger partial charge in [0.25, 0.3) is 0 Å². The van der Waals surface area contributed by atoms with Gasteiger partial charge in [-0.15, -0.1) is 0 Å². The minimum Gasteiger partial charge on any atom is -1.00 e. The standard InChI is InChI=1S/C15H24.C7H18N.ClH/c1-10-11-6-7-12-13(11)14(2,3)8-5-9-15(10,12)4;1-5-8(4,6-2)7-3;/h11-13H,1,5-9H2,2-4H3;5-7H2,1-4H3;1H/q;+1;/p-1. The molecule has 0 aromatic carbocycles. The minimum absolute atomic E-state index is 0. The average molecular weight is 356 g/mol. The molecular formula is C22H42ClN. The summed E-state index contributed by atoms with van der Waals surface area (Å²) < 4.78 is 1.21. The van der Waals surface area contributed by atoms with E-state index < -0.39 is 0 Å². The van der Waals surface area contributed by atoms with Gasteiger partial charge < -0.3 is 16.9 Å². The predicted molar refractivity (Wildman–Crippen MR) is 102 cm³/mol. The van der Waals surface area contributed by atoms with Crippen LogP contribution in [0.5, 0.6) is 0 Å². The molecule has 142 valence electrons. The predicted octanol–water partition coefficient (Wildman–Crippen LogP) is 2.91. The van der Waals surface area contributed by atoms with E-state index in [0.717, 1.165) is 17.8 Å². The first-order chi connectivity index (χ1) is 10.6. The van der Waals surface area contributed by atoms with Crippen molar-refractivity contribution in [2.24, 2.45) is 28.6 Å². The molecule has 3 aliphatic rings. The number of hydrogen-bond donors (Lipinski definition) is 0. The summed E-state index contributed by atoms with van der Waals surface area (Å²) in [7, 11) is 2.29. The molecule has 0 aromatic heterocycles. The number of rotatable bonds is 3. The third kappa shape index (κ3) is 3.58. The minimum atomic E-state index is 0. The molecule has 1 nitrogen and oxygen atoms in total. The summed E-state index contributed by atoms with van der Waals surface area (Å²) in [5, 5.41) is 0. The van der Waals surface area contributed by atoms with Crippen molar-refractivity contribution in [2.75, 3.05) is 26.7 Å². The van der Waals surface area contributed by atoms with Crippen molar-refractivity contribution in [1.82, 2.24) is 0 Å². The molecule has 4 unspecified atom stereocenters. The average Bonchev–Trinajstić information content (AvgIpc) is 3.03. The Bertz CT molecular complexity index is 429. The van der Waals surface area contributed by atoms with E-state index >= 15 is 0 Å². The zero-order chi connectivity index (χ0) is 17.5. The lowest BCUT2D eigenvalue weighted by molar-refractivity contribution is -0.904. The maximum Gasteiger partial charge on any atom is 0.0755 e. The second-order valence-corrected chi connectivity index (χ2v) is 9.67. The highest BCUT2D eigenvalue weighted by Crippen LogP contribution is 2.70. The molecule has 0 amide bonds. The molecule has 0 saturated heterocycles. The van der Waals surface area contributed by atoms with Crippen LogP contribution in [0.4, 0.5) is 0 Å². The summed E-state index contributed by atoms with van der Waals surface area (Å²) in [6.45, 7) is 22.5. The van der Waals surface area contributed by atoms with Crippen molar-refractivity contribution in [1.29, 1.82) is 0 Å². The monoisotopic (exact) mass is 355 g/mol. The topological polar surface area (TPSA) is 0 Å². The fourth-order valence-corrected chi connectivity index (χ4v) is 5.95. The summed E-state index contributed by atoms with van der Waals surface area (Å²) in [6.07, 6.45) is 7.18. The van der Waals surface area contributed by atoms with Crippen LogP contribution >= 0.6 is 0 Å². The Balaban J connectivity index is 0.000000279. The summed E-state index contributed by atoms with van der Waals surface area (Å²) in [6, 6.07) is 0. The molecule has 0 N–H and O–H groups in total. The molecular weight excluding hydrogens is 314 g/mol. The molecule has 0 aliphatic heterocycles. The van der Waals surface area contributed by atoms with Crippen molar-refractivity contribution >= 4 is 0 Å². The van der Waals surface area contributed by atoms with Gasteiger partial charge in [0.1, 0.15) is 0 Å². The lowest BCUT2D eigenvalue weighted by Gasteiger charge is -2.35. The van der Waals surface area contributed by atoms with Crippen molar-refractivity contribution in [3.05, 3.63) is 12.2 Å². The molecule has 3 rings (SSSR count). The van der Waals surface area contributed by atoms with Crippen LogP contribution < -0.4 is 12.4 Å². The number of halogens is 1. The molecule has 4 bridgehead atoms. The first kappa shape index (κ1) is 22.0. The molecule has 0 spiro atoms. The molecule has 0 heterocycles. The molecule has 4 atom stereocenters. The van der Waals surface area contributed by atoms with Crippen molar-refractivity contribution in [2.45, 2.75) is 73.6 Å². The Morgan fingerprint density at radius 3 is 2.00 bits per heavy atom. The van der Waals surface area contributed by atoms with Crippen molar-refractivity contribution in [3.8, 4) is 0 Å². The molecule has 0 aromatic rings. The van der Waals surface area contributed by atoms with E-state index in [2.05, 4.69) is 55.2 Å². The summed E-state index contributed by atoms with van der Waals surface area (Å²) in [5.74, 6) is 2.79. The molecule has 2 heteroatoms. The fourth-order valence-electron chi connectivity index (χ4n) is 5.95. The fraction of sp³-hybridized carbons (Fsp3) is 0.909. The second-order valence-electron chi connectivity index (χ2n) is 9.67. The van der Waals surface area contributed by atoms with Gasteiger partial charge >= 0.3 is 0 Å². The Kier molecular flexibility index (Phi) is 7.07. The van der Waals surface area contributed by atoms with Gasteiger partial charge in [-0.2, -0.15) is 0 Å². The normalized spacial score (nSPS) is 36.5. The van der Waals surface area contributed by atoms with Crippen LogP contribution in [0.3, 0.4) is 0 Å². The van der Waals surface area contributed by atoms with Crippen LogP contribution in [0.2, 0.25) is 0 Å². The van der Waals surface area contributed by atoms with E-state index in [4.69, 9.17) is 0 Å². The highest BCUT2D eigenvalue weighted by molar-refractivity contribution is 5.29. The third-order valence-electron chi connectivity index (χ3n) is 8.37. The highest BCUT2D eigenvalue weighted by Gasteiger charge is 2.61. The first-order valence-corrected chi connectivity index (χ1v) is 10.2. The van der Waals surface area contributed by atoms with E-state index in [1.807, 2.05) is 0 Å². The van der Waals surface area contributed by atoms with Gasteiger partial charge in [-0.3, -0.25) is 0 Å². The summed E-state index contributed by atoms with van der Waals surface area (Å²) in [4.78, 5) is 0. The lowest BCUT2D eigenvalue weighted by atomic mass is 9.69. The number of nitrogens with zero attached hydrogens (tertiary/aromatic N) is 1. The van der Waals surface area contributed by atoms with Gasteiger partial charge in [0.15, 0.2) is 0 Å². The van der Waals surface area contributed by atoms with E-state index in [1.165, 1.54) is 56.2 Å². The molecule has 3 aliphatic carbocycles. The Labute approximate surface area is 158 Å². The Hall–Kier alpha value is -0.0100. The van der Waals surface area contributed by atoms with Gasteiger partial charge in [-0.05, 0) is 75.0 Å². The van der Waals surface area contributed by atoms with Gasteiger partial charge in [0.2, 0.25) is 0 Å². The third-order valence-corrected chi connectivity index (χ3v) is 8.37. The van der Waals surface area contributed by atoms with Crippen LogP contribution in [0.1, 0.15) is 73.6 Å². The molecule has 24 heavy (non-hydrogen) atoms. The second kappa shape index (κ2) is 7.70. The number of hydrogen-bond acceptors (Lipinski definition) is 0. The zero-order valence-electron chi connectivity index (χ0n) is 17.4. The van der Waals surface area contributed by atoms with Crippen LogP contribution in [-0.2, 0) is 0 Å². The Morgan fingerprint density at radius 2 is 1.54 bits per heavy atom. The maximum atomic E-state index is 4.46. The van der Waals surface area contributed by atoms with E-state index in [1.54, 1.807) is 5.57 Å². The smallest absolute Gasteiger partial charge is 0.0755 e. The molecule has 0 radical (unpaired) electrons. The number of quaternary nitrogens is 1. The van der Waals surface area contributed by atoms with Gasteiger partial charge in [0, 0.05) is 0 Å². The number of allylic oxidation sites excluding steroid dienone is 1. The summed E-state index contributed by atoms with van der Waals surface area (Å²) in [5.41, 5.74) is 2.71. The lowest BCUT2D eigenvalue weighted by Crippen LogP contribution is -3.00. The van der Waals surface area contributed by atoms with Crippen LogP contribution in [-0.4, -0.2) is 31.2 Å². The van der Waals surface area contributed by atoms with Gasteiger partial charge in [-0.1, -0.05) is 39.3 Å².